The molecule has 0 aliphatic heterocycles. The zero-order valence-electron chi connectivity index (χ0n) is 11.4. The number of hydrogen-bond acceptors (Lipinski definition) is 1. The van der Waals surface area contributed by atoms with Crippen LogP contribution < -0.4 is 0 Å². The molecule has 0 bridgehead atoms. The van der Waals surface area contributed by atoms with Crippen LogP contribution in [0.5, 0.6) is 0 Å². The fraction of sp³-hybridized carbons (Fsp3) is 0.938. The van der Waals surface area contributed by atoms with Gasteiger partial charge < -0.3 is 4.79 Å². The lowest BCUT2D eigenvalue weighted by molar-refractivity contribution is -0.112. The molecular weight excluding hydrogens is 208 g/mol. The first-order valence-electron chi connectivity index (χ1n) is 7.77. The first kappa shape index (κ1) is 13.1. The van der Waals surface area contributed by atoms with E-state index >= 15 is 0 Å². The van der Waals surface area contributed by atoms with Crippen LogP contribution in [-0.2, 0) is 4.79 Å². The zero-order valence-corrected chi connectivity index (χ0v) is 11.4. The summed E-state index contributed by atoms with van der Waals surface area (Å²) < 4.78 is 0. The van der Waals surface area contributed by atoms with Crippen LogP contribution in [-0.4, -0.2) is 6.29 Å². The van der Waals surface area contributed by atoms with Crippen molar-refractivity contribution in [2.24, 2.45) is 23.7 Å². The second-order valence-electron chi connectivity index (χ2n) is 6.45. The minimum atomic E-state index is 0.391. The second kappa shape index (κ2) is 6.56. The highest BCUT2D eigenvalue weighted by Gasteiger charge is 2.26. The van der Waals surface area contributed by atoms with Gasteiger partial charge in [-0.1, -0.05) is 39.0 Å². The van der Waals surface area contributed by atoms with Crippen LogP contribution in [0, 0.1) is 23.7 Å². The number of rotatable bonds is 4. The third-order valence-corrected chi connectivity index (χ3v) is 5.29. The number of aldehydes is 1. The molecule has 0 N–H and O–H groups in total. The Morgan fingerprint density at radius 3 is 1.76 bits per heavy atom. The van der Waals surface area contributed by atoms with E-state index < -0.39 is 0 Å². The summed E-state index contributed by atoms with van der Waals surface area (Å²) in [6.45, 7) is 2.34. The van der Waals surface area contributed by atoms with E-state index in [-0.39, 0.29) is 0 Å². The van der Waals surface area contributed by atoms with Gasteiger partial charge in [0, 0.05) is 5.92 Å². The van der Waals surface area contributed by atoms with E-state index in [2.05, 4.69) is 6.92 Å². The van der Waals surface area contributed by atoms with Gasteiger partial charge in [-0.3, -0.25) is 0 Å². The molecule has 0 spiro atoms. The Bertz CT molecular complexity index is 220. The first-order valence-corrected chi connectivity index (χ1v) is 7.77. The van der Waals surface area contributed by atoms with Crippen LogP contribution in [0.3, 0.4) is 0 Å². The average molecular weight is 236 g/mol. The van der Waals surface area contributed by atoms with Crippen LogP contribution in [0.4, 0.5) is 0 Å². The van der Waals surface area contributed by atoms with Crippen molar-refractivity contribution < 1.29 is 4.79 Å². The molecule has 17 heavy (non-hydrogen) atoms. The molecule has 0 aromatic carbocycles. The van der Waals surface area contributed by atoms with Crippen molar-refractivity contribution in [2.45, 2.75) is 71.1 Å². The maximum absolute atomic E-state index is 10.7. The van der Waals surface area contributed by atoms with Crippen molar-refractivity contribution in [3.05, 3.63) is 0 Å². The van der Waals surface area contributed by atoms with Crippen molar-refractivity contribution in [3.8, 4) is 0 Å². The molecule has 2 rings (SSSR count). The first-order chi connectivity index (χ1) is 8.31. The minimum Gasteiger partial charge on any atom is -0.303 e. The molecule has 0 saturated heterocycles. The summed E-state index contributed by atoms with van der Waals surface area (Å²) >= 11 is 0. The molecule has 0 amide bonds. The topological polar surface area (TPSA) is 17.1 Å². The predicted octanol–water partition coefficient (Wildman–Crippen LogP) is 4.60. The van der Waals surface area contributed by atoms with Gasteiger partial charge in [0.1, 0.15) is 6.29 Å². The highest BCUT2D eigenvalue weighted by atomic mass is 16.1. The highest BCUT2D eigenvalue weighted by molar-refractivity contribution is 5.53. The fourth-order valence-corrected chi connectivity index (χ4v) is 3.91. The summed E-state index contributed by atoms with van der Waals surface area (Å²) in [5, 5.41) is 0. The Morgan fingerprint density at radius 1 is 0.824 bits per heavy atom. The Balaban J connectivity index is 1.67. The van der Waals surface area contributed by atoms with Crippen LogP contribution in [0.2, 0.25) is 0 Å². The van der Waals surface area contributed by atoms with Crippen molar-refractivity contribution in [3.63, 3.8) is 0 Å². The largest absolute Gasteiger partial charge is 0.303 e. The number of carbonyl (C=O) groups is 1. The molecule has 2 fully saturated rings. The average Bonchev–Trinajstić information content (AvgIpc) is 2.40. The van der Waals surface area contributed by atoms with Crippen molar-refractivity contribution in [1.82, 2.24) is 0 Å². The molecule has 0 aromatic heterocycles. The maximum atomic E-state index is 10.7. The summed E-state index contributed by atoms with van der Waals surface area (Å²) in [4.78, 5) is 10.7. The summed E-state index contributed by atoms with van der Waals surface area (Å²) in [6.07, 6.45) is 14.9. The highest BCUT2D eigenvalue weighted by Crippen LogP contribution is 2.38. The maximum Gasteiger partial charge on any atom is 0.123 e. The van der Waals surface area contributed by atoms with Gasteiger partial charge in [-0.15, -0.1) is 0 Å². The molecule has 0 heterocycles. The van der Waals surface area contributed by atoms with Gasteiger partial charge >= 0.3 is 0 Å². The Hall–Kier alpha value is -0.330. The van der Waals surface area contributed by atoms with Crippen LogP contribution in [0.15, 0.2) is 0 Å². The van der Waals surface area contributed by atoms with Crippen LogP contribution >= 0.6 is 0 Å². The molecule has 98 valence electrons. The van der Waals surface area contributed by atoms with Gasteiger partial charge in [-0.25, -0.2) is 0 Å². The van der Waals surface area contributed by atoms with Gasteiger partial charge in [-0.2, -0.15) is 0 Å². The molecule has 2 aliphatic rings. The Morgan fingerprint density at radius 2 is 1.29 bits per heavy atom. The molecular formula is C16H28O. The summed E-state index contributed by atoms with van der Waals surface area (Å²) in [5.74, 6) is 3.36. The Kier molecular flexibility index (Phi) is 5.06. The van der Waals surface area contributed by atoms with Gasteiger partial charge in [0.25, 0.3) is 0 Å². The van der Waals surface area contributed by atoms with E-state index in [4.69, 9.17) is 0 Å². The molecule has 0 atom stereocenters. The SMILES string of the molecule is CCC1CCC(CC2CCC(C=O)CC2)CC1. The monoisotopic (exact) mass is 236 g/mol. The normalized spacial score (nSPS) is 38.9. The zero-order chi connectivity index (χ0) is 12.1. The second-order valence-corrected chi connectivity index (χ2v) is 6.45. The quantitative estimate of drug-likeness (QED) is 0.652. The number of hydrogen-bond donors (Lipinski definition) is 0. The van der Waals surface area contributed by atoms with E-state index in [1.54, 1.807) is 0 Å². The van der Waals surface area contributed by atoms with Gasteiger partial charge in [0.2, 0.25) is 0 Å². The van der Waals surface area contributed by atoms with Crippen molar-refractivity contribution in [2.75, 3.05) is 0 Å². The third kappa shape index (κ3) is 3.82. The molecule has 0 aromatic rings. The molecule has 2 aliphatic carbocycles. The molecule has 1 nitrogen and oxygen atoms in total. The predicted molar refractivity (Wildman–Crippen MR) is 71.9 cm³/mol. The molecule has 2 saturated carbocycles. The van der Waals surface area contributed by atoms with Gasteiger partial charge in [0.15, 0.2) is 0 Å². The summed E-state index contributed by atoms with van der Waals surface area (Å²) in [7, 11) is 0. The van der Waals surface area contributed by atoms with Crippen LogP contribution in [0.25, 0.3) is 0 Å². The van der Waals surface area contributed by atoms with E-state index in [0.717, 1.165) is 17.8 Å². The van der Waals surface area contributed by atoms with E-state index in [1.165, 1.54) is 70.5 Å². The minimum absolute atomic E-state index is 0.391. The molecule has 0 radical (unpaired) electrons. The number of carbonyl (C=O) groups excluding carboxylic acids is 1. The van der Waals surface area contributed by atoms with Gasteiger partial charge in [0.05, 0.1) is 0 Å². The smallest absolute Gasteiger partial charge is 0.123 e. The molecule has 1 heteroatoms. The van der Waals surface area contributed by atoms with E-state index in [1.807, 2.05) is 0 Å². The standard InChI is InChI=1S/C16H28O/c1-2-13-3-5-14(6-4-13)11-15-7-9-16(12-17)10-8-15/h12-16H,2-11H2,1H3. The lowest BCUT2D eigenvalue weighted by atomic mass is 9.73. The van der Waals surface area contributed by atoms with E-state index in [9.17, 15) is 4.79 Å². The molecule has 0 unspecified atom stereocenters. The van der Waals surface area contributed by atoms with Crippen LogP contribution in [0.1, 0.15) is 71.1 Å². The Labute approximate surface area is 106 Å². The fourth-order valence-electron chi connectivity index (χ4n) is 3.91. The summed E-state index contributed by atoms with van der Waals surface area (Å²) in [5.41, 5.74) is 0. The van der Waals surface area contributed by atoms with Crippen molar-refractivity contribution in [1.29, 1.82) is 0 Å². The lowest BCUT2D eigenvalue weighted by Crippen LogP contribution is -2.21. The van der Waals surface area contributed by atoms with Crippen molar-refractivity contribution >= 4 is 6.29 Å². The van der Waals surface area contributed by atoms with E-state index in [0.29, 0.717) is 5.92 Å². The lowest BCUT2D eigenvalue weighted by Gasteiger charge is -2.33. The third-order valence-electron chi connectivity index (χ3n) is 5.29. The van der Waals surface area contributed by atoms with Gasteiger partial charge in [-0.05, 0) is 49.9 Å². The summed E-state index contributed by atoms with van der Waals surface area (Å²) in [6, 6.07) is 0.